The summed E-state index contributed by atoms with van der Waals surface area (Å²) in [6, 6.07) is 2.96. The fraction of sp³-hybridized carbons (Fsp3) is 0.357. The third-order valence-electron chi connectivity index (χ3n) is 3.21. The van der Waals surface area contributed by atoms with Crippen LogP contribution in [0.5, 0.6) is 0 Å². The van der Waals surface area contributed by atoms with Crippen LogP contribution < -0.4 is 5.32 Å². The van der Waals surface area contributed by atoms with Gasteiger partial charge in [0.05, 0.1) is 16.4 Å². The van der Waals surface area contributed by atoms with Gasteiger partial charge in [-0.05, 0) is 6.07 Å². The van der Waals surface area contributed by atoms with E-state index in [1.807, 2.05) is 0 Å². The van der Waals surface area contributed by atoms with E-state index >= 15 is 0 Å². The Morgan fingerprint density at radius 1 is 1.30 bits per heavy atom. The Morgan fingerprint density at radius 3 is 2.35 bits per heavy atom. The number of nitro benzene ring substituents is 1. The molecule has 2 N–H and O–H groups in total. The molecule has 0 saturated carbocycles. The highest BCUT2D eigenvalue weighted by Gasteiger charge is 2.22. The second-order valence-electron chi connectivity index (χ2n) is 5.03. The Morgan fingerprint density at radius 2 is 1.87 bits per heavy atom. The Balaban J connectivity index is 3.09. The predicted molar refractivity (Wildman–Crippen MR) is 80.2 cm³/mol. The molecule has 9 nitrogen and oxygen atoms in total. The molecular formula is C14H17N3O6. The summed E-state index contributed by atoms with van der Waals surface area (Å²) in [5, 5.41) is 22.3. The first-order valence-corrected chi connectivity index (χ1v) is 6.67. The predicted octanol–water partition coefficient (Wildman–Crippen LogP) is 0.747. The first-order chi connectivity index (χ1) is 10.7. The summed E-state index contributed by atoms with van der Waals surface area (Å²) in [6.45, 7) is 1.71. The minimum absolute atomic E-state index is 0.0869. The average Bonchev–Trinajstić information content (AvgIpc) is 2.52. The van der Waals surface area contributed by atoms with E-state index in [4.69, 9.17) is 5.11 Å². The van der Waals surface area contributed by atoms with Crippen molar-refractivity contribution >= 4 is 23.5 Å². The summed E-state index contributed by atoms with van der Waals surface area (Å²) in [4.78, 5) is 46.1. The molecule has 0 saturated heterocycles. The molecule has 1 aromatic carbocycles. The van der Waals surface area contributed by atoms with E-state index < -0.39 is 28.4 Å². The summed E-state index contributed by atoms with van der Waals surface area (Å²) in [5.74, 6) is -2.71. The molecule has 0 aliphatic rings. The normalized spacial score (nSPS) is 11.4. The van der Waals surface area contributed by atoms with Gasteiger partial charge < -0.3 is 15.3 Å². The Kier molecular flexibility index (Phi) is 5.77. The van der Waals surface area contributed by atoms with Crippen molar-refractivity contribution in [1.82, 2.24) is 10.2 Å². The summed E-state index contributed by atoms with van der Waals surface area (Å²) in [5.41, 5.74) is -0.959. The molecule has 0 radical (unpaired) electrons. The molecule has 0 aliphatic carbocycles. The number of carboxylic acids is 1. The number of nitro groups is 1. The first kappa shape index (κ1) is 18.1. The number of carboxylic acid groups (broad SMARTS) is 1. The van der Waals surface area contributed by atoms with Gasteiger partial charge in [0.1, 0.15) is 0 Å². The summed E-state index contributed by atoms with van der Waals surface area (Å²) >= 11 is 0. The number of hydrogen-bond donors (Lipinski definition) is 2. The largest absolute Gasteiger partial charge is 0.478 e. The molecule has 1 atom stereocenters. The van der Waals surface area contributed by atoms with Crippen molar-refractivity contribution in [1.29, 1.82) is 0 Å². The summed E-state index contributed by atoms with van der Waals surface area (Å²) in [6.07, 6.45) is 0. The van der Waals surface area contributed by atoms with Crippen LogP contribution in [0.1, 0.15) is 27.6 Å². The van der Waals surface area contributed by atoms with Crippen molar-refractivity contribution in [2.75, 3.05) is 20.6 Å². The average molecular weight is 323 g/mol. The van der Waals surface area contributed by atoms with Gasteiger partial charge in [0, 0.05) is 38.3 Å². The highest BCUT2D eigenvalue weighted by atomic mass is 16.6. The fourth-order valence-corrected chi connectivity index (χ4v) is 2.01. The van der Waals surface area contributed by atoms with Crippen molar-refractivity contribution in [3.05, 3.63) is 39.4 Å². The zero-order valence-corrected chi connectivity index (χ0v) is 12.9. The third-order valence-corrected chi connectivity index (χ3v) is 3.21. The molecule has 0 heterocycles. The first-order valence-electron chi connectivity index (χ1n) is 6.67. The highest BCUT2D eigenvalue weighted by Crippen LogP contribution is 2.19. The quantitative estimate of drug-likeness (QED) is 0.587. The lowest BCUT2D eigenvalue weighted by Crippen LogP contribution is -2.37. The molecule has 1 unspecified atom stereocenters. The van der Waals surface area contributed by atoms with Gasteiger partial charge in [-0.25, -0.2) is 4.79 Å². The van der Waals surface area contributed by atoms with Gasteiger partial charge in [-0.3, -0.25) is 19.7 Å². The number of rotatable bonds is 6. The van der Waals surface area contributed by atoms with Crippen molar-refractivity contribution in [3.8, 4) is 0 Å². The minimum Gasteiger partial charge on any atom is -0.478 e. The summed E-state index contributed by atoms with van der Waals surface area (Å²) in [7, 11) is 2.90. The van der Waals surface area contributed by atoms with Gasteiger partial charge >= 0.3 is 5.97 Å². The number of carbonyl (C=O) groups is 3. The van der Waals surface area contributed by atoms with Gasteiger partial charge in [0.2, 0.25) is 5.91 Å². The van der Waals surface area contributed by atoms with E-state index in [9.17, 15) is 24.5 Å². The highest BCUT2D eigenvalue weighted by molar-refractivity contribution is 5.98. The van der Waals surface area contributed by atoms with Gasteiger partial charge in [0.15, 0.2) is 0 Å². The number of carbonyl (C=O) groups excluding carboxylic acids is 2. The second-order valence-corrected chi connectivity index (χ2v) is 5.03. The smallest absolute Gasteiger partial charge is 0.335 e. The van der Waals surface area contributed by atoms with E-state index in [2.05, 4.69) is 5.32 Å². The molecule has 124 valence electrons. The lowest BCUT2D eigenvalue weighted by atomic mass is 10.1. The van der Waals surface area contributed by atoms with Gasteiger partial charge in [-0.15, -0.1) is 0 Å². The van der Waals surface area contributed by atoms with Crippen LogP contribution in [0.3, 0.4) is 0 Å². The third kappa shape index (κ3) is 4.50. The SMILES string of the molecule is CNC(=O)C(C)CN(C)C(=O)c1cc(C(=O)O)cc([N+](=O)[O-])c1. The molecule has 0 aliphatic heterocycles. The summed E-state index contributed by atoms with van der Waals surface area (Å²) < 4.78 is 0. The van der Waals surface area contributed by atoms with Gasteiger partial charge in [0.25, 0.3) is 11.6 Å². The number of amides is 2. The number of hydrogen-bond acceptors (Lipinski definition) is 5. The molecule has 1 aromatic rings. The monoisotopic (exact) mass is 323 g/mol. The maximum Gasteiger partial charge on any atom is 0.335 e. The number of non-ortho nitro benzene ring substituents is 1. The van der Waals surface area contributed by atoms with Crippen LogP contribution >= 0.6 is 0 Å². The zero-order chi connectivity index (χ0) is 17.7. The Hall–Kier alpha value is -2.97. The zero-order valence-electron chi connectivity index (χ0n) is 12.9. The lowest BCUT2D eigenvalue weighted by Gasteiger charge is -2.21. The Bertz CT molecular complexity index is 626. The number of nitrogens with zero attached hydrogens (tertiary/aromatic N) is 2. The molecule has 0 aromatic heterocycles. The van der Waals surface area contributed by atoms with Crippen molar-refractivity contribution < 1.29 is 24.4 Å². The van der Waals surface area contributed by atoms with Crippen LogP contribution in [0.4, 0.5) is 5.69 Å². The molecule has 0 bridgehead atoms. The number of nitrogens with one attached hydrogen (secondary N) is 1. The number of aromatic carboxylic acids is 1. The maximum atomic E-state index is 12.3. The molecule has 1 rings (SSSR count). The van der Waals surface area contributed by atoms with Crippen LogP contribution in [0.15, 0.2) is 18.2 Å². The van der Waals surface area contributed by atoms with Crippen LogP contribution in [-0.4, -0.2) is 53.4 Å². The van der Waals surface area contributed by atoms with Gasteiger partial charge in [-0.1, -0.05) is 6.92 Å². The van der Waals surface area contributed by atoms with Gasteiger partial charge in [-0.2, -0.15) is 0 Å². The molecule has 0 spiro atoms. The van der Waals surface area contributed by atoms with E-state index in [0.717, 1.165) is 18.2 Å². The van der Waals surface area contributed by atoms with Crippen molar-refractivity contribution in [3.63, 3.8) is 0 Å². The van der Waals surface area contributed by atoms with Crippen LogP contribution in [0, 0.1) is 16.0 Å². The standard InChI is InChI=1S/C14H17N3O6/c1-8(12(18)15-2)7-16(3)13(19)9-4-10(14(20)21)6-11(5-9)17(22)23/h4-6,8H,7H2,1-3H3,(H,15,18)(H,20,21). The van der Waals surface area contributed by atoms with Crippen LogP contribution in [0.25, 0.3) is 0 Å². The molecule has 9 heteroatoms. The second kappa shape index (κ2) is 7.34. The van der Waals surface area contributed by atoms with E-state index in [1.165, 1.54) is 19.0 Å². The van der Waals surface area contributed by atoms with E-state index in [0.29, 0.717) is 0 Å². The minimum atomic E-state index is -1.37. The van der Waals surface area contributed by atoms with Crippen molar-refractivity contribution in [2.24, 2.45) is 5.92 Å². The maximum absolute atomic E-state index is 12.3. The fourth-order valence-electron chi connectivity index (χ4n) is 2.01. The van der Waals surface area contributed by atoms with E-state index in [1.54, 1.807) is 6.92 Å². The lowest BCUT2D eigenvalue weighted by molar-refractivity contribution is -0.384. The van der Waals surface area contributed by atoms with Crippen LogP contribution in [-0.2, 0) is 4.79 Å². The molecular weight excluding hydrogens is 306 g/mol. The molecule has 2 amide bonds. The van der Waals surface area contributed by atoms with Crippen molar-refractivity contribution in [2.45, 2.75) is 6.92 Å². The number of benzene rings is 1. The van der Waals surface area contributed by atoms with Crippen LogP contribution in [0.2, 0.25) is 0 Å². The molecule has 0 fully saturated rings. The topological polar surface area (TPSA) is 130 Å². The Labute approximate surface area is 132 Å². The molecule has 23 heavy (non-hydrogen) atoms. The van der Waals surface area contributed by atoms with E-state index in [-0.39, 0.29) is 23.6 Å².